The molecule has 5 heteroatoms. The molecule has 2 N–H and O–H groups in total. The number of nitrogens with zero attached hydrogens (tertiary/aromatic N) is 1. The Hall–Kier alpha value is -2.95. The Morgan fingerprint density at radius 3 is 2.73 bits per heavy atom. The van der Waals surface area contributed by atoms with Gasteiger partial charge in [0.1, 0.15) is 6.29 Å². The number of rotatable bonds is 2. The first kappa shape index (κ1) is 12.8. The molecule has 108 valence electrons. The molecule has 2 heterocycles. The van der Waals surface area contributed by atoms with Crippen LogP contribution in [0.5, 0.6) is 0 Å². The molecule has 4 rings (SSSR count). The zero-order valence-electron chi connectivity index (χ0n) is 11.7. The molecular weight excluding hydrogens is 278 g/mol. The molecule has 1 aliphatic heterocycles. The van der Waals surface area contributed by atoms with Gasteiger partial charge in [0.2, 0.25) is 0 Å². The molecule has 1 unspecified atom stereocenters. The van der Waals surface area contributed by atoms with Crippen molar-refractivity contribution in [2.45, 2.75) is 12.5 Å². The van der Waals surface area contributed by atoms with Crippen molar-refractivity contribution in [2.75, 3.05) is 5.32 Å². The highest BCUT2D eigenvalue weighted by atomic mass is 16.1. The second-order valence-corrected chi connectivity index (χ2v) is 5.41. The monoisotopic (exact) mass is 291 g/mol. The summed E-state index contributed by atoms with van der Waals surface area (Å²) in [7, 11) is 0. The summed E-state index contributed by atoms with van der Waals surface area (Å²) in [5, 5.41) is 11.8. The van der Waals surface area contributed by atoms with E-state index in [-0.39, 0.29) is 11.6 Å². The first-order valence-corrected chi connectivity index (χ1v) is 7.08. The summed E-state index contributed by atoms with van der Waals surface area (Å²) in [5.74, 6) is 0. The van der Waals surface area contributed by atoms with Crippen molar-refractivity contribution in [1.82, 2.24) is 10.2 Å². The highest BCUT2D eigenvalue weighted by molar-refractivity contribution is 5.96. The molecule has 1 aromatic heterocycles. The molecule has 0 aliphatic carbocycles. The van der Waals surface area contributed by atoms with Crippen LogP contribution in [-0.4, -0.2) is 16.5 Å². The number of hydrogen-bond acceptors (Lipinski definition) is 4. The topological polar surface area (TPSA) is 74.8 Å². The van der Waals surface area contributed by atoms with Crippen LogP contribution in [-0.2, 0) is 6.42 Å². The summed E-state index contributed by atoms with van der Waals surface area (Å²) in [6.07, 6.45) is 1.52. The fraction of sp³-hybridized carbons (Fsp3) is 0.118. The molecule has 0 saturated carbocycles. The quantitative estimate of drug-likeness (QED) is 0.711. The number of benzene rings is 2. The van der Waals surface area contributed by atoms with Gasteiger partial charge in [0.05, 0.1) is 17.1 Å². The zero-order chi connectivity index (χ0) is 15.1. The van der Waals surface area contributed by atoms with Crippen LogP contribution < -0.4 is 10.9 Å². The predicted molar refractivity (Wildman–Crippen MR) is 84.3 cm³/mol. The summed E-state index contributed by atoms with van der Waals surface area (Å²) in [6, 6.07) is 13.2. The van der Waals surface area contributed by atoms with E-state index in [0.29, 0.717) is 17.4 Å². The van der Waals surface area contributed by atoms with E-state index in [4.69, 9.17) is 0 Å². The normalized spacial score (nSPS) is 16.3. The van der Waals surface area contributed by atoms with Gasteiger partial charge in [-0.3, -0.25) is 9.59 Å². The van der Waals surface area contributed by atoms with Crippen LogP contribution in [0.3, 0.4) is 0 Å². The van der Waals surface area contributed by atoms with E-state index in [9.17, 15) is 9.59 Å². The molecule has 1 aliphatic rings. The number of carbonyl (C=O) groups excluding carboxylic acids is 1. The van der Waals surface area contributed by atoms with Gasteiger partial charge < -0.3 is 5.32 Å². The number of hydrogen-bond donors (Lipinski definition) is 2. The Bertz CT molecular complexity index is 917. The predicted octanol–water partition coefficient (Wildman–Crippen LogP) is 2.44. The van der Waals surface area contributed by atoms with E-state index < -0.39 is 0 Å². The van der Waals surface area contributed by atoms with Crippen LogP contribution in [0.2, 0.25) is 0 Å². The van der Waals surface area contributed by atoms with Gasteiger partial charge in [0.25, 0.3) is 5.56 Å². The van der Waals surface area contributed by atoms with E-state index in [2.05, 4.69) is 15.5 Å². The summed E-state index contributed by atoms with van der Waals surface area (Å²) in [6.45, 7) is 0. The Kier molecular flexibility index (Phi) is 2.79. The van der Waals surface area contributed by atoms with Gasteiger partial charge in [-0.15, -0.1) is 0 Å². The molecule has 1 atom stereocenters. The average Bonchev–Trinajstić information content (AvgIpc) is 2.58. The van der Waals surface area contributed by atoms with Gasteiger partial charge in [0.15, 0.2) is 0 Å². The summed E-state index contributed by atoms with van der Waals surface area (Å²) in [4.78, 5) is 22.6. The minimum absolute atomic E-state index is 0.0669. The molecule has 0 saturated heterocycles. The van der Waals surface area contributed by atoms with Crippen LogP contribution in [0.15, 0.2) is 47.3 Å². The molecule has 5 nitrogen and oxygen atoms in total. The smallest absolute Gasteiger partial charge is 0.272 e. The minimum atomic E-state index is -0.170. The van der Waals surface area contributed by atoms with E-state index in [1.807, 2.05) is 30.3 Å². The Balaban J connectivity index is 1.80. The van der Waals surface area contributed by atoms with Crippen LogP contribution >= 0.6 is 0 Å². The van der Waals surface area contributed by atoms with Crippen molar-refractivity contribution in [3.63, 3.8) is 0 Å². The van der Waals surface area contributed by atoms with Gasteiger partial charge >= 0.3 is 0 Å². The lowest BCUT2D eigenvalue weighted by molar-refractivity contribution is 0.112. The number of anilines is 1. The summed E-state index contributed by atoms with van der Waals surface area (Å²) in [5.41, 5.74) is 3.37. The number of nitrogens with one attached hydrogen (secondary N) is 2. The molecular formula is C17H13N3O2. The molecule has 0 bridgehead atoms. The maximum Gasteiger partial charge on any atom is 0.272 e. The number of aldehydes is 1. The van der Waals surface area contributed by atoms with E-state index >= 15 is 0 Å². The lowest BCUT2D eigenvalue weighted by Crippen LogP contribution is -2.22. The minimum Gasteiger partial charge on any atom is -0.377 e. The SMILES string of the molecule is O=Cc1ccc(C2Cc3n[nH]c(=O)c4cccc(c34)N2)cc1. The first-order chi connectivity index (χ1) is 10.8. The number of carbonyl (C=O) groups is 1. The van der Waals surface area contributed by atoms with E-state index in [1.165, 1.54) is 0 Å². The van der Waals surface area contributed by atoms with Crippen molar-refractivity contribution in [1.29, 1.82) is 0 Å². The van der Waals surface area contributed by atoms with Crippen molar-refractivity contribution in [3.8, 4) is 0 Å². The summed E-state index contributed by atoms with van der Waals surface area (Å²) < 4.78 is 0. The fourth-order valence-corrected chi connectivity index (χ4v) is 2.99. The lowest BCUT2D eigenvalue weighted by Gasteiger charge is -2.26. The fourth-order valence-electron chi connectivity index (χ4n) is 2.99. The third kappa shape index (κ3) is 1.90. The Morgan fingerprint density at radius 1 is 1.14 bits per heavy atom. The highest BCUT2D eigenvalue weighted by Gasteiger charge is 2.23. The molecule has 3 aromatic rings. The van der Waals surface area contributed by atoms with Gasteiger partial charge in [-0.1, -0.05) is 30.3 Å². The maximum absolute atomic E-state index is 11.9. The van der Waals surface area contributed by atoms with Gasteiger partial charge in [-0.05, 0) is 17.7 Å². The highest BCUT2D eigenvalue weighted by Crippen LogP contribution is 2.34. The van der Waals surface area contributed by atoms with Crippen LogP contribution in [0.1, 0.15) is 27.7 Å². The van der Waals surface area contributed by atoms with E-state index in [0.717, 1.165) is 28.6 Å². The van der Waals surface area contributed by atoms with Gasteiger partial charge in [0, 0.05) is 23.1 Å². The molecule has 0 fully saturated rings. The van der Waals surface area contributed by atoms with Crippen molar-refractivity contribution >= 4 is 22.7 Å². The second kappa shape index (κ2) is 4.80. The third-order valence-electron chi connectivity index (χ3n) is 4.09. The van der Waals surface area contributed by atoms with E-state index in [1.54, 1.807) is 12.1 Å². The second-order valence-electron chi connectivity index (χ2n) is 5.41. The van der Waals surface area contributed by atoms with Crippen LogP contribution in [0, 0.1) is 0 Å². The van der Waals surface area contributed by atoms with Crippen molar-refractivity contribution in [3.05, 3.63) is 69.6 Å². The molecule has 0 spiro atoms. The molecule has 22 heavy (non-hydrogen) atoms. The maximum atomic E-state index is 11.9. The lowest BCUT2D eigenvalue weighted by atomic mass is 9.94. The van der Waals surface area contributed by atoms with Crippen LogP contribution in [0.25, 0.3) is 10.8 Å². The Morgan fingerprint density at radius 2 is 1.95 bits per heavy atom. The van der Waals surface area contributed by atoms with Gasteiger partial charge in [-0.2, -0.15) is 5.10 Å². The van der Waals surface area contributed by atoms with Gasteiger partial charge in [-0.25, -0.2) is 5.10 Å². The first-order valence-electron chi connectivity index (χ1n) is 7.08. The standard InChI is InChI=1S/C17H13N3O2/c21-9-10-4-6-11(7-5-10)14-8-15-16-12(17(22)20-19-15)2-1-3-13(16)18-14/h1-7,9,14,18H,8H2,(H,20,22). The number of aromatic amines is 1. The number of H-pyrrole nitrogens is 1. The summed E-state index contributed by atoms with van der Waals surface area (Å²) >= 11 is 0. The Labute approximate surface area is 126 Å². The third-order valence-corrected chi connectivity index (χ3v) is 4.09. The zero-order valence-corrected chi connectivity index (χ0v) is 11.7. The largest absolute Gasteiger partial charge is 0.377 e. The van der Waals surface area contributed by atoms with Crippen molar-refractivity contribution in [2.24, 2.45) is 0 Å². The molecule has 0 amide bonds. The molecule has 2 aromatic carbocycles. The molecule has 0 radical (unpaired) electrons. The van der Waals surface area contributed by atoms with Crippen LogP contribution in [0.4, 0.5) is 5.69 Å². The number of aromatic nitrogens is 2. The average molecular weight is 291 g/mol. The van der Waals surface area contributed by atoms with Crippen molar-refractivity contribution < 1.29 is 4.79 Å².